The third-order valence-electron chi connectivity index (χ3n) is 1.48. The number of halogens is 1. The van der Waals surface area contributed by atoms with Crippen LogP contribution in [0, 0.1) is 0 Å². The molecular formula is C6H12FNO2. The molecule has 1 aliphatic rings. The van der Waals surface area contributed by atoms with Crippen molar-refractivity contribution >= 4 is 0 Å². The molecule has 1 N–H and O–H groups in total. The van der Waals surface area contributed by atoms with Gasteiger partial charge in [0, 0.05) is 0 Å². The second kappa shape index (κ2) is 3.27. The Morgan fingerprint density at radius 3 is 2.20 bits per heavy atom. The molecule has 1 aliphatic heterocycles. The number of nitrogens with one attached hydrogen (secondary N) is 1. The molecule has 0 aliphatic carbocycles. The van der Waals surface area contributed by atoms with Crippen molar-refractivity contribution in [2.75, 3.05) is 33.5 Å². The van der Waals surface area contributed by atoms with E-state index < -0.39 is 5.79 Å². The lowest BCUT2D eigenvalue weighted by Crippen LogP contribution is -2.45. The van der Waals surface area contributed by atoms with Crippen LogP contribution in [-0.4, -0.2) is 39.3 Å². The molecule has 1 heterocycles. The zero-order valence-electron chi connectivity index (χ0n) is 6.02. The Morgan fingerprint density at radius 1 is 1.30 bits per heavy atom. The van der Waals surface area contributed by atoms with E-state index in [9.17, 15) is 4.39 Å². The summed E-state index contributed by atoms with van der Waals surface area (Å²) in [4.78, 5) is 0. The summed E-state index contributed by atoms with van der Waals surface area (Å²) in [7, 11) is 1.55. The van der Waals surface area contributed by atoms with Gasteiger partial charge < -0.3 is 9.47 Å². The normalized spacial score (nSPS) is 25.8. The van der Waals surface area contributed by atoms with Crippen molar-refractivity contribution in [1.29, 1.82) is 0 Å². The van der Waals surface area contributed by atoms with Crippen molar-refractivity contribution in [2.24, 2.45) is 0 Å². The van der Waals surface area contributed by atoms with E-state index in [4.69, 9.17) is 9.47 Å². The van der Waals surface area contributed by atoms with E-state index >= 15 is 0 Å². The largest absolute Gasteiger partial charge is 0.374 e. The minimum atomic E-state index is -1.49. The van der Waals surface area contributed by atoms with Gasteiger partial charge in [-0.15, -0.1) is 0 Å². The van der Waals surface area contributed by atoms with Crippen molar-refractivity contribution in [1.82, 2.24) is 5.32 Å². The van der Waals surface area contributed by atoms with Gasteiger partial charge in [-0.1, -0.05) is 0 Å². The van der Waals surface area contributed by atoms with Crippen LogP contribution >= 0.6 is 0 Å². The molecule has 0 saturated carbocycles. The molecule has 0 atom stereocenters. The third-order valence-corrected chi connectivity index (χ3v) is 1.48. The smallest absolute Gasteiger partial charge is 0.208 e. The first-order valence-corrected chi connectivity index (χ1v) is 3.30. The Hall–Kier alpha value is -0.190. The highest BCUT2D eigenvalue weighted by atomic mass is 19.1. The molecule has 1 fully saturated rings. The fourth-order valence-electron chi connectivity index (χ4n) is 0.772. The average Bonchev–Trinajstić information content (AvgIpc) is 2.15. The van der Waals surface area contributed by atoms with E-state index in [1.165, 1.54) is 0 Å². The minimum absolute atomic E-state index is 0.0729. The summed E-state index contributed by atoms with van der Waals surface area (Å²) in [6.45, 7) is 1.10. The molecule has 1 rings (SSSR count). The van der Waals surface area contributed by atoms with Crippen LogP contribution in [-0.2, 0) is 9.47 Å². The van der Waals surface area contributed by atoms with Gasteiger partial charge in [0.25, 0.3) is 0 Å². The Bertz CT molecular complexity index is 102. The number of ether oxygens (including phenoxy) is 2. The van der Waals surface area contributed by atoms with Gasteiger partial charge in [-0.05, 0) is 7.05 Å². The van der Waals surface area contributed by atoms with Crippen LogP contribution < -0.4 is 5.32 Å². The summed E-state index contributed by atoms with van der Waals surface area (Å²) >= 11 is 0. The highest BCUT2D eigenvalue weighted by Gasteiger charge is 2.29. The van der Waals surface area contributed by atoms with Gasteiger partial charge in [-0.2, -0.15) is 0 Å². The quantitative estimate of drug-likeness (QED) is 0.529. The topological polar surface area (TPSA) is 30.5 Å². The van der Waals surface area contributed by atoms with Crippen molar-refractivity contribution in [3.8, 4) is 0 Å². The maximum absolute atomic E-state index is 13.2. The predicted octanol–water partition coefficient (Wildman–Crippen LogP) is -0.0816. The lowest BCUT2D eigenvalue weighted by atomic mass is 10.3. The molecule has 1 saturated heterocycles. The molecule has 4 heteroatoms. The number of hydrogen-bond acceptors (Lipinski definition) is 3. The third kappa shape index (κ3) is 1.90. The van der Waals surface area contributed by atoms with E-state index in [0.29, 0.717) is 13.2 Å². The fraction of sp³-hybridized carbons (Fsp3) is 1.00. The van der Waals surface area contributed by atoms with Gasteiger partial charge in [0.2, 0.25) is 5.79 Å². The summed E-state index contributed by atoms with van der Waals surface area (Å²) in [5, 5.41) is 2.50. The predicted molar refractivity (Wildman–Crippen MR) is 34.5 cm³/mol. The Labute approximate surface area is 59.5 Å². The molecule has 10 heavy (non-hydrogen) atoms. The minimum Gasteiger partial charge on any atom is -0.374 e. The molecule has 0 aromatic carbocycles. The maximum atomic E-state index is 13.2. The number of likely N-dealkylation sites (N-methyl/N-ethyl adjacent to an activating group) is 1. The Kier molecular flexibility index (Phi) is 2.59. The summed E-state index contributed by atoms with van der Waals surface area (Å²) in [5.74, 6) is -1.49. The van der Waals surface area contributed by atoms with Crippen molar-refractivity contribution in [3.63, 3.8) is 0 Å². The molecule has 0 bridgehead atoms. The van der Waals surface area contributed by atoms with Crippen LogP contribution in [0.1, 0.15) is 0 Å². The standard InChI is InChI=1S/C6H12FNO2/c1-8-6(7)4-9-2-3-10-5-6/h8H,2-5H2,1H3. The van der Waals surface area contributed by atoms with Gasteiger partial charge in [-0.25, -0.2) is 4.39 Å². The van der Waals surface area contributed by atoms with Crippen LogP contribution in [0.15, 0.2) is 0 Å². The van der Waals surface area contributed by atoms with Crippen LogP contribution in [0.2, 0.25) is 0 Å². The summed E-state index contributed by atoms with van der Waals surface area (Å²) in [6.07, 6.45) is 0. The first kappa shape index (κ1) is 7.91. The van der Waals surface area contributed by atoms with E-state index in [1.807, 2.05) is 0 Å². The zero-order chi connectivity index (χ0) is 7.45. The van der Waals surface area contributed by atoms with E-state index in [0.717, 1.165) is 0 Å². The zero-order valence-corrected chi connectivity index (χ0v) is 6.02. The highest BCUT2D eigenvalue weighted by Crippen LogP contribution is 2.10. The molecule has 0 unspecified atom stereocenters. The van der Waals surface area contributed by atoms with E-state index in [-0.39, 0.29) is 13.2 Å². The van der Waals surface area contributed by atoms with Crippen molar-refractivity contribution < 1.29 is 13.9 Å². The van der Waals surface area contributed by atoms with E-state index in [2.05, 4.69) is 5.32 Å². The van der Waals surface area contributed by atoms with Crippen LogP contribution in [0.25, 0.3) is 0 Å². The lowest BCUT2D eigenvalue weighted by Gasteiger charge is -2.20. The molecular weight excluding hydrogens is 137 g/mol. The number of hydrogen-bond donors (Lipinski definition) is 1. The highest BCUT2D eigenvalue weighted by molar-refractivity contribution is 4.74. The van der Waals surface area contributed by atoms with Gasteiger partial charge in [-0.3, -0.25) is 5.32 Å². The van der Waals surface area contributed by atoms with Crippen LogP contribution in [0.3, 0.4) is 0 Å². The van der Waals surface area contributed by atoms with Crippen LogP contribution in [0.5, 0.6) is 0 Å². The Morgan fingerprint density at radius 2 is 1.80 bits per heavy atom. The second-order valence-electron chi connectivity index (χ2n) is 2.32. The van der Waals surface area contributed by atoms with Crippen molar-refractivity contribution in [3.05, 3.63) is 0 Å². The second-order valence-corrected chi connectivity index (χ2v) is 2.32. The molecule has 0 aromatic heterocycles. The monoisotopic (exact) mass is 149 g/mol. The number of alkyl halides is 1. The molecule has 0 radical (unpaired) electrons. The molecule has 3 nitrogen and oxygen atoms in total. The van der Waals surface area contributed by atoms with E-state index in [1.54, 1.807) is 7.05 Å². The molecule has 60 valence electrons. The van der Waals surface area contributed by atoms with Crippen molar-refractivity contribution in [2.45, 2.75) is 5.79 Å². The average molecular weight is 149 g/mol. The van der Waals surface area contributed by atoms with Gasteiger partial charge in [0.1, 0.15) is 0 Å². The van der Waals surface area contributed by atoms with Crippen LogP contribution in [0.4, 0.5) is 4.39 Å². The fourth-order valence-corrected chi connectivity index (χ4v) is 0.772. The summed E-state index contributed by atoms with van der Waals surface area (Å²) in [6, 6.07) is 0. The molecule has 0 amide bonds. The van der Waals surface area contributed by atoms with Gasteiger partial charge in [0.15, 0.2) is 0 Å². The Balaban J connectivity index is 2.41. The summed E-state index contributed by atoms with van der Waals surface area (Å²) in [5.41, 5.74) is 0. The number of rotatable bonds is 1. The molecule has 0 spiro atoms. The van der Waals surface area contributed by atoms with Gasteiger partial charge >= 0.3 is 0 Å². The SMILES string of the molecule is CNC1(F)COCCOC1. The first-order chi connectivity index (χ1) is 4.77. The van der Waals surface area contributed by atoms with Gasteiger partial charge in [0.05, 0.1) is 26.4 Å². The molecule has 0 aromatic rings. The maximum Gasteiger partial charge on any atom is 0.208 e. The lowest BCUT2D eigenvalue weighted by molar-refractivity contribution is -0.00599. The first-order valence-electron chi connectivity index (χ1n) is 3.30. The summed E-state index contributed by atoms with van der Waals surface area (Å²) < 4.78 is 23.1.